The Labute approximate surface area is 179 Å². The van der Waals surface area contributed by atoms with Gasteiger partial charge in [0, 0.05) is 19.1 Å². The van der Waals surface area contributed by atoms with Gasteiger partial charge in [-0.2, -0.15) is 0 Å². The van der Waals surface area contributed by atoms with Crippen LogP contribution in [0.15, 0.2) is 65.3 Å². The van der Waals surface area contributed by atoms with Gasteiger partial charge in [-0.3, -0.25) is 9.69 Å². The number of carbonyl (C=O) groups excluding carboxylic acids is 1. The van der Waals surface area contributed by atoms with Gasteiger partial charge in [-0.05, 0) is 30.9 Å². The zero-order valence-electron chi connectivity index (χ0n) is 18.3. The van der Waals surface area contributed by atoms with E-state index in [1.165, 1.54) is 17.4 Å². The average molecular weight is 406 g/mol. The van der Waals surface area contributed by atoms with E-state index in [4.69, 9.17) is 4.42 Å². The predicted octanol–water partition coefficient (Wildman–Crippen LogP) is 4.96. The number of carbonyl (C=O) groups is 1. The smallest absolute Gasteiger partial charge is 0.273 e. The van der Waals surface area contributed by atoms with Crippen LogP contribution < -0.4 is 5.32 Å². The van der Waals surface area contributed by atoms with E-state index in [0.717, 1.165) is 12.1 Å². The fourth-order valence-electron chi connectivity index (χ4n) is 3.34. The molecule has 0 aliphatic heterocycles. The van der Waals surface area contributed by atoms with Gasteiger partial charge in [0.2, 0.25) is 5.89 Å². The van der Waals surface area contributed by atoms with Crippen molar-refractivity contribution < 1.29 is 9.21 Å². The first kappa shape index (κ1) is 21.8. The van der Waals surface area contributed by atoms with Crippen LogP contribution in [-0.4, -0.2) is 21.8 Å². The van der Waals surface area contributed by atoms with E-state index >= 15 is 0 Å². The molecular formula is C25H31N3O2. The summed E-state index contributed by atoms with van der Waals surface area (Å²) in [6.45, 7) is 10.6. The number of benzene rings is 2. The number of oxazole rings is 1. The molecule has 1 N–H and O–H groups in total. The number of hydrogen-bond donors (Lipinski definition) is 1. The summed E-state index contributed by atoms with van der Waals surface area (Å²) in [6, 6.07) is 18.7. The molecule has 0 fully saturated rings. The number of nitrogens with zero attached hydrogens (tertiary/aromatic N) is 2. The van der Waals surface area contributed by atoms with E-state index in [1.54, 1.807) is 0 Å². The Bertz CT molecular complexity index is 950. The maximum Gasteiger partial charge on any atom is 0.273 e. The molecule has 0 saturated heterocycles. The summed E-state index contributed by atoms with van der Waals surface area (Å²) in [4.78, 5) is 19.2. The number of nitrogens with one attached hydrogen (secondary N) is 1. The molecule has 0 aliphatic rings. The Hall–Kier alpha value is -2.92. The largest absolute Gasteiger partial charge is 0.447 e. The fourth-order valence-corrected chi connectivity index (χ4v) is 3.34. The second-order valence-electron chi connectivity index (χ2n) is 8.17. The van der Waals surface area contributed by atoms with Gasteiger partial charge < -0.3 is 9.73 Å². The minimum atomic E-state index is -0.226. The molecule has 0 bridgehead atoms. The Morgan fingerprint density at radius 2 is 1.77 bits per heavy atom. The summed E-state index contributed by atoms with van der Waals surface area (Å²) in [6.07, 6.45) is 1.44. The first-order valence-corrected chi connectivity index (χ1v) is 10.5. The molecule has 5 nitrogen and oxygen atoms in total. The van der Waals surface area contributed by atoms with Crippen LogP contribution in [0, 0.1) is 12.8 Å². The second-order valence-corrected chi connectivity index (χ2v) is 8.17. The predicted molar refractivity (Wildman–Crippen MR) is 119 cm³/mol. The van der Waals surface area contributed by atoms with E-state index in [2.05, 4.69) is 67.2 Å². The van der Waals surface area contributed by atoms with Crippen LogP contribution in [0.2, 0.25) is 0 Å². The molecule has 0 radical (unpaired) electrons. The molecule has 5 heteroatoms. The summed E-state index contributed by atoms with van der Waals surface area (Å²) >= 11 is 0. The molecule has 30 heavy (non-hydrogen) atoms. The maximum atomic E-state index is 12.4. The van der Waals surface area contributed by atoms with Crippen molar-refractivity contribution in [3.8, 4) is 0 Å². The minimum absolute atomic E-state index is 0.226. The van der Waals surface area contributed by atoms with Gasteiger partial charge in [-0.25, -0.2) is 4.98 Å². The minimum Gasteiger partial charge on any atom is -0.447 e. The van der Waals surface area contributed by atoms with Gasteiger partial charge >= 0.3 is 0 Å². The first-order valence-electron chi connectivity index (χ1n) is 10.5. The van der Waals surface area contributed by atoms with Gasteiger partial charge in [-0.15, -0.1) is 0 Å². The summed E-state index contributed by atoms with van der Waals surface area (Å²) < 4.78 is 5.65. The van der Waals surface area contributed by atoms with E-state index in [-0.39, 0.29) is 5.91 Å². The summed E-state index contributed by atoms with van der Waals surface area (Å²) in [7, 11) is 0. The third-order valence-corrected chi connectivity index (χ3v) is 5.43. The topological polar surface area (TPSA) is 58.4 Å². The molecule has 0 saturated carbocycles. The van der Waals surface area contributed by atoms with E-state index in [1.807, 2.05) is 30.3 Å². The van der Waals surface area contributed by atoms with Crippen molar-refractivity contribution in [1.82, 2.24) is 15.2 Å². The highest BCUT2D eigenvalue weighted by Gasteiger charge is 2.21. The highest BCUT2D eigenvalue weighted by Crippen LogP contribution is 2.18. The van der Waals surface area contributed by atoms with Crippen LogP contribution in [0.25, 0.3) is 0 Å². The van der Waals surface area contributed by atoms with Crippen molar-refractivity contribution >= 4 is 5.91 Å². The van der Waals surface area contributed by atoms with Gasteiger partial charge in [0.1, 0.15) is 6.26 Å². The normalized spacial score (nSPS) is 12.3. The quantitative estimate of drug-likeness (QED) is 0.547. The molecule has 3 aromatic rings. The van der Waals surface area contributed by atoms with Crippen molar-refractivity contribution in [3.05, 3.63) is 89.1 Å². The molecule has 1 aromatic heterocycles. The maximum absolute atomic E-state index is 12.4. The Balaban J connectivity index is 1.66. The zero-order valence-corrected chi connectivity index (χ0v) is 18.3. The number of amides is 1. The van der Waals surface area contributed by atoms with Crippen molar-refractivity contribution in [1.29, 1.82) is 0 Å². The molecule has 2 aromatic carbocycles. The average Bonchev–Trinajstić information content (AvgIpc) is 3.20. The number of hydrogen-bond acceptors (Lipinski definition) is 4. The molecule has 1 unspecified atom stereocenters. The molecular weight excluding hydrogens is 374 g/mol. The van der Waals surface area contributed by atoms with E-state index < -0.39 is 0 Å². The lowest BCUT2D eigenvalue weighted by Gasteiger charge is -2.30. The van der Waals surface area contributed by atoms with Crippen molar-refractivity contribution in [2.45, 2.75) is 53.4 Å². The Morgan fingerprint density at radius 1 is 1.03 bits per heavy atom. The standard InChI is InChI=1S/C25H31N3O2/c1-18(2)20(4)28(15-22-12-8-9-19(3)13-22)16-24-27-23(17-30-24)25(29)26-14-21-10-6-5-7-11-21/h5-13,17-18,20H,14-16H2,1-4H3,(H,26,29). The SMILES string of the molecule is Cc1cccc(CN(Cc2nc(C(=O)NCc3ccccc3)co2)C(C)C(C)C)c1. The Kier molecular flexibility index (Phi) is 7.41. The number of aryl methyl sites for hydroxylation is 1. The second kappa shape index (κ2) is 10.2. The van der Waals surface area contributed by atoms with Crippen molar-refractivity contribution in [2.75, 3.05) is 0 Å². The van der Waals surface area contributed by atoms with Crippen LogP contribution in [0.4, 0.5) is 0 Å². The van der Waals surface area contributed by atoms with Crippen LogP contribution in [0.3, 0.4) is 0 Å². The van der Waals surface area contributed by atoms with Gasteiger partial charge in [0.15, 0.2) is 5.69 Å². The van der Waals surface area contributed by atoms with Gasteiger partial charge in [0.05, 0.1) is 6.54 Å². The monoisotopic (exact) mass is 405 g/mol. The highest BCUT2D eigenvalue weighted by molar-refractivity contribution is 5.91. The molecule has 1 heterocycles. The van der Waals surface area contributed by atoms with Crippen LogP contribution in [0.1, 0.15) is 53.8 Å². The third-order valence-electron chi connectivity index (χ3n) is 5.43. The lowest BCUT2D eigenvalue weighted by Crippen LogP contribution is -2.36. The van der Waals surface area contributed by atoms with E-state index in [9.17, 15) is 4.79 Å². The van der Waals surface area contributed by atoms with Crippen LogP contribution >= 0.6 is 0 Å². The number of rotatable bonds is 9. The fraction of sp³-hybridized carbons (Fsp3) is 0.360. The van der Waals surface area contributed by atoms with Gasteiger partial charge in [-0.1, -0.05) is 74.0 Å². The number of aromatic nitrogens is 1. The molecule has 1 amide bonds. The first-order chi connectivity index (χ1) is 14.4. The van der Waals surface area contributed by atoms with Crippen LogP contribution in [-0.2, 0) is 19.6 Å². The molecule has 3 rings (SSSR count). The van der Waals surface area contributed by atoms with Crippen LogP contribution in [0.5, 0.6) is 0 Å². The molecule has 0 spiro atoms. The zero-order chi connectivity index (χ0) is 21.5. The third kappa shape index (κ3) is 6.04. The highest BCUT2D eigenvalue weighted by atomic mass is 16.3. The Morgan fingerprint density at radius 3 is 2.47 bits per heavy atom. The lowest BCUT2D eigenvalue weighted by atomic mass is 10.0. The lowest BCUT2D eigenvalue weighted by molar-refractivity contribution is 0.0945. The molecule has 1 atom stereocenters. The van der Waals surface area contributed by atoms with Crippen molar-refractivity contribution in [3.63, 3.8) is 0 Å². The van der Waals surface area contributed by atoms with Crippen molar-refractivity contribution in [2.24, 2.45) is 5.92 Å². The summed E-state index contributed by atoms with van der Waals surface area (Å²) in [5, 5.41) is 2.89. The van der Waals surface area contributed by atoms with Gasteiger partial charge in [0.25, 0.3) is 5.91 Å². The molecule has 0 aliphatic carbocycles. The summed E-state index contributed by atoms with van der Waals surface area (Å²) in [5.41, 5.74) is 3.87. The summed E-state index contributed by atoms with van der Waals surface area (Å²) in [5.74, 6) is 0.814. The molecule has 158 valence electrons. The van der Waals surface area contributed by atoms with E-state index in [0.29, 0.717) is 36.6 Å².